The molecule has 0 amide bonds. The van der Waals surface area contributed by atoms with Crippen molar-refractivity contribution in [2.24, 2.45) is 0 Å². The average molecular weight is 307 g/mol. The molecule has 0 atom stereocenters. The van der Waals surface area contributed by atoms with Crippen LogP contribution < -0.4 is 0 Å². The molecule has 5 nitrogen and oxygen atoms in total. The first-order valence-electron chi connectivity index (χ1n) is 5.21. The van der Waals surface area contributed by atoms with Gasteiger partial charge in [-0.05, 0) is 20.3 Å². The van der Waals surface area contributed by atoms with Crippen molar-refractivity contribution in [3.8, 4) is 0 Å². The molecule has 0 aliphatic carbocycles. The fraction of sp³-hybridized carbons (Fsp3) is 0.308. The zero-order valence-electron chi connectivity index (χ0n) is 10.9. The summed E-state index contributed by atoms with van der Waals surface area (Å²) in [5, 5.41) is 7.83. The summed E-state index contributed by atoms with van der Waals surface area (Å²) in [6.07, 6.45) is 3.03. The van der Waals surface area contributed by atoms with Gasteiger partial charge in [-0.25, -0.2) is 14.4 Å². The predicted octanol–water partition coefficient (Wildman–Crippen LogP) is 0.413. The van der Waals surface area contributed by atoms with Crippen LogP contribution in [0.25, 0.3) is 0 Å². The lowest BCUT2D eigenvalue weighted by Gasteiger charge is -2.01. The Balaban J connectivity index is -0.000000139. The molecule has 0 saturated carbocycles. The maximum atomic E-state index is 10.9. The summed E-state index contributed by atoms with van der Waals surface area (Å²) in [6.45, 7) is 11.7. The number of hydrogen-bond acceptors (Lipinski definition) is 4. The first-order valence-corrected chi connectivity index (χ1v) is 5.21. The van der Waals surface area contributed by atoms with E-state index in [2.05, 4.69) is 17.9 Å². The maximum Gasteiger partial charge on any atom is 0.341 e. The molecule has 0 aromatic heterocycles. The molecule has 20 heavy (non-hydrogen) atoms. The van der Waals surface area contributed by atoms with Gasteiger partial charge in [0.1, 0.15) is 0 Å². The van der Waals surface area contributed by atoms with Crippen LogP contribution in [0.4, 0.5) is 0 Å². The molecule has 0 aliphatic rings. The molecule has 0 unspecified atom stereocenters. The fourth-order valence-electron chi connectivity index (χ4n) is 0.530. The predicted molar refractivity (Wildman–Crippen MR) is 84.9 cm³/mol. The minimum atomic E-state index is -0.891. The third-order valence-electron chi connectivity index (χ3n) is 1.56. The van der Waals surface area contributed by atoms with Gasteiger partial charge in [0, 0.05) is 17.2 Å². The van der Waals surface area contributed by atoms with E-state index in [9.17, 15) is 14.4 Å². The summed E-state index contributed by atoms with van der Waals surface area (Å²) in [5.74, 6) is -2.27. The number of carbonyl (C=O) groups excluding carboxylic acids is 2. The second-order valence-electron chi connectivity index (χ2n) is 3.25. The van der Waals surface area contributed by atoms with Gasteiger partial charge >= 0.3 is 64.0 Å². The molecule has 0 bridgehead atoms. The number of carboxylic acid groups (broad SMARTS) is 1. The summed E-state index contributed by atoms with van der Waals surface area (Å²) in [4.78, 5) is 31.2. The van der Waals surface area contributed by atoms with Gasteiger partial charge in [0.2, 0.25) is 0 Å². The van der Waals surface area contributed by atoms with Crippen LogP contribution in [-0.2, 0) is 19.1 Å². The molecule has 0 spiro atoms. The minimum absolute atomic E-state index is 0. The van der Waals surface area contributed by atoms with E-state index in [0.717, 1.165) is 6.08 Å². The zero-order valence-corrected chi connectivity index (χ0v) is 10.9. The van der Waals surface area contributed by atoms with Crippen LogP contribution in [0.2, 0.25) is 0 Å². The van der Waals surface area contributed by atoms with E-state index < -0.39 is 17.9 Å². The highest BCUT2D eigenvalue weighted by Gasteiger charge is 2.12. The fourth-order valence-corrected chi connectivity index (χ4v) is 0.530. The van der Waals surface area contributed by atoms with Crippen molar-refractivity contribution in [3.05, 3.63) is 36.5 Å². The summed E-state index contributed by atoms with van der Waals surface area (Å²) < 4.78 is 4.39. The molecule has 0 aliphatic heterocycles. The number of carbonyl (C=O) groups is 3. The van der Waals surface area contributed by atoms with Gasteiger partial charge in [0.05, 0.1) is 0 Å². The van der Waals surface area contributed by atoms with Crippen molar-refractivity contribution in [3.63, 3.8) is 0 Å². The molecule has 0 aromatic rings. The number of ether oxygens (including phenoxy) is 1. The average Bonchev–Trinajstić information content (AvgIpc) is 2.28. The van der Waals surface area contributed by atoms with Gasteiger partial charge in [-0.3, -0.25) is 0 Å². The number of aliphatic carboxylic acids is 1. The highest BCUT2D eigenvalue weighted by molar-refractivity contribution is 6.00. The Morgan fingerprint density at radius 3 is 1.80 bits per heavy atom. The van der Waals surface area contributed by atoms with Crippen LogP contribution in [-0.4, -0.2) is 69.1 Å². The van der Waals surface area contributed by atoms with Crippen LogP contribution in [0.1, 0.15) is 27.2 Å². The molecular formula is C13H22Mg2O5. The van der Waals surface area contributed by atoms with Crippen LogP contribution >= 0.6 is 0 Å². The van der Waals surface area contributed by atoms with E-state index >= 15 is 0 Å². The topological polar surface area (TPSA) is 80.7 Å². The van der Waals surface area contributed by atoms with Crippen molar-refractivity contribution >= 4 is 64.0 Å². The summed E-state index contributed by atoms with van der Waals surface area (Å²) >= 11 is 0. The van der Waals surface area contributed by atoms with Gasteiger partial charge in [-0.1, -0.05) is 26.2 Å². The van der Waals surface area contributed by atoms with Gasteiger partial charge in [0.15, 0.2) is 0 Å². The summed E-state index contributed by atoms with van der Waals surface area (Å²) in [5.41, 5.74) is 0.483. The quantitative estimate of drug-likeness (QED) is 0.352. The Morgan fingerprint density at radius 2 is 1.60 bits per heavy atom. The molecule has 0 radical (unpaired) electrons. The van der Waals surface area contributed by atoms with Crippen molar-refractivity contribution < 1.29 is 24.2 Å². The smallest absolute Gasteiger partial charge is 0.341 e. The van der Waals surface area contributed by atoms with Crippen LogP contribution in [0.3, 0.4) is 0 Å². The number of esters is 2. The number of rotatable bonds is 4. The van der Waals surface area contributed by atoms with Crippen molar-refractivity contribution in [1.29, 1.82) is 0 Å². The third-order valence-corrected chi connectivity index (χ3v) is 1.56. The largest absolute Gasteiger partial charge is 0.478 e. The standard InChI is InChI=1S/C9H12O3.C4H6O2.2Mg.4H/c1-5-7(4)9(11)12-8(10)6(2)3;1-2-3-4(5)6;;;;;;/h2,4-5H2,1,3H3;2-3H,1H3,(H,5,6);;;;;;. The number of hydrogen-bond donors (Lipinski definition) is 1. The maximum absolute atomic E-state index is 10.9. The molecule has 0 saturated heterocycles. The molecule has 0 aromatic carbocycles. The van der Waals surface area contributed by atoms with E-state index in [0.29, 0.717) is 6.42 Å². The second-order valence-corrected chi connectivity index (χ2v) is 3.25. The highest BCUT2D eigenvalue weighted by atomic mass is 24.3. The summed E-state index contributed by atoms with van der Waals surface area (Å²) in [7, 11) is 0. The monoisotopic (exact) mass is 306 g/mol. The van der Waals surface area contributed by atoms with E-state index in [-0.39, 0.29) is 57.3 Å². The second kappa shape index (κ2) is 16.4. The van der Waals surface area contributed by atoms with Crippen LogP contribution in [0.15, 0.2) is 36.5 Å². The molecule has 108 valence electrons. The van der Waals surface area contributed by atoms with Gasteiger partial charge in [-0.2, -0.15) is 0 Å². The van der Waals surface area contributed by atoms with Gasteiger partial charge in [0.25, 0.3) is 0 Å². The first kappa shape index (κ1) is 27.7. The van der Waals surface area contributed by atoms with E-state index in [4.69, 9.17) is 5.11 Å². The zero-order chi connectivity index (χ0) is 14.7. The van der Waals surface area contributed by atoms with Gasteiger partial charge in [-0.15, -0.1) is 0 Å². The number of allylic oxidation sites excluding steroid dienone is 1. The van der Waals surface area contributed by atoms with E-state index in [1.54, 1.807) is 13.8 Å². The molecule has 0 rings (SSSR count). The lowest BCUT2D eigenvalue weighted by Crippen LogP contribution is -2.13. The van der Waals surface area contributed by atoms with Crippen molar-refractivity contribution in [2.45, 2.75) is 27.2 Å². The first-order chi connectivity index (χ1) is 8.26. The molecule has 0 fully saturated rings. The van der Waals surface area contributed by atoms with Crippen molar-refractivity contribution in [1.82, 2.24) is 0 Å². The molecular weight excluding hydrogens is 285 g/mol. The van der Waals surface area contributed by atoms with E-state index in [1.807, 2.05) is 0 Å². The highest BCUT2D eigenvalue weighted by Crippen LogP contribution is 2.02. The molecule has 1 N–H and O–H groups in total. The normalized spacial score (nSPS) is 8.15. The lowest BCUT2D eigenvalue weighted by molar-refractivity contribution is -0.154. The minimum Gasteiger partial charge on any atom is -0.478 e. The number of carboxylic acids is 1. The molecule has 7 heteroatoms. The van der Waals surface area contributed by atoms with Gasteiger partial charge < -0.3 is 9.84 Å². The Labute approximate surface area is 151 Å². The van der Waals surface area contributed by atoms with E-state index in [1.165, 1.54) is 13.0 Å². The SMILES string of the molecule is C=C(C)C(=O)OC(=O)C(=C)CC.CC=CC(=O)O.[MgH2].[MgH2]. The Bertz CT molecular complexity index is 386. The Kier molecular flexibility index (Phi) is 22.7. The molecule has 0 heterocycles. The summed E-state index contributed by atoms with van der Waals surface area (Å²) in [6, 6.07) is 0. The third kappa shape index (κ3) is 17.4. The van der Waals surface area contributed by atoms with Crippen LogP contribution in [0, 0.1) is 0 Å². The van der Waals surface area contributed by atoms with Crippen LogP contribution in [0.5, 0.6) is 0 Å². The Morgan fingerprint density at radius 1 is 1.15 bits per heavy atom. The Hall–Kier alpha value is -0.638. The lowest BCUT2D eigenvalue weighted by atomic mass is 10.2. The van der Waals surface area contributed by atoms with Crippen molar-refractivity contribution in [2.75, 3.05) is 0 Å².